The normalized spacial score (nSPS) is 11.0. The lowest BCUT2D eigenvalue weighted by atomic mass is 10.1. The first-order chi connectivity index (χ1) is 12.5. The molecule has 2 aromatic heterocycles. The van der Waals surface area contributed by atoms with E-state index in [4.69, 9.17) is 11.6 Å². The van der Waals surface area contributed by atoms with E-state index in [0.717, 1.165) is 9.56 Å². The SMILES string of the molecule is Cn1nc(C(=O)NNC(=O)/C=C/c2ccc(Cl)s2)c2ccccc2c1=O. The lowest BCUT2D eigenvalue weighted by Crippen LogP contribution is -2.42. The zero-order valence-corrected chi connectivity index (χ0v) is 15.1. The van der Waals surface area contributed by atoms with Crippen molar-refractivity contribution in [3.8, 4) is 0 Å². The summed E-state index contributed by atoms with van der Waals surface area (Å²) in [7, 11) is 1.46. The van der Waals surface area contributed by atoms with Crippen LogP contribution in [0, 0.1) is 0 Å². The Balaban J connectivity index is 1.73. The Morgan fingerprint density at radius 3 is 2.58 bits per heavy atom. The molecule has 0 atom stereocenters. The van der Waals surface area contributed by atoms with Crippen LogP contribution in [0.2, 0.25) is 4.34 Å². The first-order valence-electron chi connectivity index (χ1n) is 7.45. The van der Waals surface area contributed by atoms with Crippen LogP contribution in [-0.4, -0.2) is 21.6 Å². The van der Waals surface area contributed by atoms with Crippen molar-refractivity contribution in [2.45, 2.75) is 0 Å². The highest BCUT2D eigenvalue weighted by Crippen LogP contribution is 2.22. The van der Waals surface area contributed by atoms with Gasteiger partial charge in [-0.15, -0.1) is 11.3 Å². The van der Waals surface area contributed by atoms with Gasteiger partial charge in [0.2, 0.25) is 0 Å². The molecule has 2 amide bonds. The van der Waals surface area contributed by atoms with Crippen LogP contribution in [-0.2, 0) is 11.8 Å². The predicted octanol–water partition coefficient (Wildman–Crippen LogP) is 2.12. The lowest BCUT2D eigenvalue weighted by molar-refractivity contribution is -0.117. The molecule has 0 aliphatic heterocycles. The number of hydrogen-bond donors (Lipinski definition) is 2. The molecule has 2 heterocycles. The molecule has 0 aliphatic rings. The summed E-state index contributed by atoms with van der Waals surface area (Å²) in [6.45, 7) is 0. The first-order valence-corrected chi connectivity index (χ1v) is 8.65. The molecule has 0 spiro atoms. The van der Waals surface area contributed by atoms with Crippen LogP contribution in [0.5, 0.6) is 0 Å². The Bertz CT molecular complexity index is 1090. The van der Waals surface area contributed by atoms with Gasteiger partial charge < -0.3 is 0 Å². The molecular weight excluding hydrogens is 376 g/mol. The molecule has 3 aromatic rings. The minimum atomic E-state index is -0.627. The fraction of sp³-hybridized carbons (Fsp3) is 0.0588. The van der Waals surface area contributed by atoms with E-state index >= 15 is 0 Å². The molecule has 7 nitrogen and oxygen atoms in total. The number of hydrazine groups is 1. The summed E-state index contributed by atoms with van der Waals surface area (Å²) in [5, 5.41) is 4.76. The van der Waals surface area contributed by atoms with Gasteiger partial charge in [0.25, 0.3) is 17.4 Å². The Hall–Kier alpha value is -2.97. The number of aromatic nitrogens is 2. The minimum Gasteiger partial charge on any atom is -0.268 e. The van der Waals surface area contributed by atoms with Crippen LogP contribution in [0.4, 0.5) is 0 Å². The van der Waals surface area contributed by atoms with E-state index in [2.05, 4.69) is 16.0 Å². The average Bonchev–Trinajstić information content (AvgIpc) is 3.06. The van der Waals surface area contributed by atoms with Gasteiger partial charge in [0.15, 0.2) is 5.69 Å². The van der Waals surface area contributed by atoms with Gasteiger partial charge in [0.1, 0.15) is 0 Å². The summed E-state index contributed by atoms with van der Waals surface area (Å²) in [5.41, 5.74) is 4.30. The second-order valence-corrected chi connectivity index (χ2v) is 6.99. The number of hydrogen-bond acceptors (Lipinski definition) is 5. The monoisotopic (exact) mass is 388 g/mol. The topological polar surface area (TPSA) is 93.1 Å². The zero-order chi connectivity index (χ0) is 18.7. The average molecular weight is 389 g/mol. The fourth-order valence-corrected chi connectivity index (χ4v) is 3.23. The Morgan fingerprint density at radius 2 is 1.88 bits per heavy atom. The highest BCUT2D eigenvalue weighted by Gasteiger charge is 2.15. The van der Waals surface area contributed by atoms with Crippen molar-refractivity contribution in [2.75, 3.05) is 0 Å². The van der Waals surface area contributed by atoms with E-state index in [9.17, 15) is 14.4 Å². The van der Waals surface area contributed by atoms with Crippen molar-refractivity contribution in [2.24, 2.45) is 7.05 Å². The van der Waals surface area contributed by atoms with Gasteiger partial charge >= 0.3 is 0 Å². The van der Waals surface area contributed by atoms with Crippen molar-refractivity contribution in [3.63, 3.8) is 0 Å². The molecule has 0 aliphatic carbocycles. The van der Waals surface area contributed by atoms with Gasteiger partial charge in [-0.3, -0.25) is 25.2 Å². The first kappa shape index (κ1) is 17.8. The molecule has 132 valence electrons. The Kier molecular flexibility index (Phi) is 5.15. The van der Waals surface area contributed by atoms with Crippen molar-refractivity contribution in [1.29, 1.82) is 0 Å². The summed E-state index contributed by atoms with van der Waals surface area (Å²) in [6, 6.07) is 10.1. The van der Waals surface area contributed by atoms with Crippen molar-refractivity contribution >= 4 is 51.6 Å². The van der Waals surface area contributed by atoms with Crippen LogP contribution in [0.25, 0.3) is 16.8 Å². The number of nitrogens with zero attached hydrogens (tertiary/aromatic N) is 2. The smallest absolute Gasteiger partial charge is 0.268 e. The molecule has 0 radical (unpaired) electrons. The number of carbonyl (C=O) groups excluding carboxylic acids is 2. The molecule has 9 heteroatoms. The second kappa shape index (κ2) is 7.51. The molecule has 3 rings (SSSR count). The highest BCUT2D eigenvalue weighted by atomic mass is 35.5. The quantitative estimate of drug-likeness (QED) is 0.531. The second-order valence-electron chi connectivity index (χ2n) is 5.24. The fourth-order valence-electron chi connectivity index (χ4n) is 2.26. The van der Waals surface area contributed by atoms with Gasteiger partial charge in [-0.05, 0) is 24.3 Å². The lowest BCUT2D eigenvalue weighted by Gasteiger charge is -2.08. The van der Waals surface area contributed by atoms with E-state index in [0.29, 0.717) is 15.1 Å². The van der Waals surface area contributed by atoms with E-state index in [1.54, 1.807) is 42.5 Å². The van der Waals surface area contributed by atoms with Gasteiger partial charge in [-0.2, -0.15) is 5.10 Å². The maximum Gasteiger partial charge on any atom is 0.290 e. The van der Waals surface area contributed by atoms with E-state index in [-0.39, 0.29) is 11.3 Å². The predicted molar refractivity (Wildman–Crippen MR) is 101 cm³/mol. The van der Waals surface area contributed by atoms with Crippen molar-refractivity contribution in [3.05, 3.63) is 67.7 Å². The molecular formula is C17H13ClN4O3S. The summed E-state index contributed by atoms with van der Waals surface area (Å²) in [5.74, 6) is -1.14. The zero-order valence-electron chi connectivity index (χ0n) is 13.5. The van der Waals surface area contributed by atoms with Crippen LogP contribution >= 0.6 is 22.9 Å². The highest BCUT2D eigenvalue weighted by molar-refractivity contribution is 7.17. The number of aryl methyl sites for hydroxylation is 1. The maximum atomic E-state index is 12.4. The Morgan fingerprint density at radius 1 is 1.15 bits per heavy atom. The largest absolute Gasteiger partial charge is 0.290 e. The van der Waals surface area contributed by atoms with Crippen LogP contribution < -0.4 is 16.4 Å². The minimum absolute atomic E-state index is 0.0389. The van der Waals surface area contributed by atoms with Crippen LogP contribution in [0.3, 0.4) is 0 Å². The summed E-state index contributed by atoms with van der Waals surface area (Å²) in [6.07, 6.45) is 2.85. The third-order valence-electron chi connectivity index (χ3n) is 3.46. The number of fused-ring (bicyclic) bond motifs is 1. The third-order valence-corrected chi connectivity index (χ3v) is 4.66. The van der Waals surface area contributed by atoms with Crippen LogP contribution in [0.1, 0.15) is 15.4 Å². The number of carbonyl (C=O) groups is 2. The van der Waals surface area contributed by atoms with E-state index in [1.807, 2.05) is 0 Å². The van der Waals surface area contributed by atoms with E-state index < -0.39 is 11.8 Å². The van der Waals surface area contributed by atoms with Gasteiger partial charge in [0, 0.05) is 23.4 Å². The number of halogens is 1. The molecule has 0 bridgehead atoms. The maximum absolute atomic E-state index is 12.4. The standard InChI is InChI=1S/C17H13ClN4O3S/c1-22-17(25)12-5-3-2-4-11(12)15(21-22)16(24)20-19-14(23)9-7-10-6-8-13(18)26-10/h2-9H,1H3,(H,19,23)(H,20,24)/b9-7+. The van der Waals surface area contributed by atoms with Gasteiger partial charge in [0.05, 0.1) is 9.72 Å². The van der Waals surface area contributed by atoms with Crippen LogP contribution in [0.15, 0.2) is 47.3 Å². The molecule has 0 saturated carbocycles. The third kappa shape index (κ3) is 3.81. The Labute approximate surface area is 156 Å². The molecule has 1 aromatic carbocycles. The van der Waals surface area contributed by atoms with Crippen molar-refractivity contribution in [1.82, 2.24) is 20.6 Å². The van der Waals surface area contributed by atoms with Gasteiger partial charge in [-0.1, -0.05) is 29.8 Å². The molecule has 2 N–H and O–H groups in total. The number of nitrogens with one attached hydrogen (secondary N) is 2. The number of amides is 2. The molecule has 0 saturated heterocycles. The number of rotatable bonds is 3. The number of benzene rings is 1. The summed E-state index contributed by atoms with van der Waals surface area (Å²) in [4.78, 5) is 37.1. The van der Waals surface area contributed by atoms with E-state index in [1.165, 1.54) is 24.5 Å². The molecule has 0 unspecified atom stereocenters. The summed E-state index contributed by atoms with van der Waals surface area (Å²) < 4.78 is 1.70. The molecule has 0 fully saturated rings. The van der Waals surface area contributed by atoms with Gasteiger partial charge in [-0.25, -0.2) is 4.68 Å². The number of thiophene rings is 1. The molecule has 26 heavy (non-hydrogen) atoms. The summed E-state index contributed by atoms with van der Waals surface area (Å²) >= 11 is 7.14. The van der Waals surface area contributed by atoms with Crippen molar-refractivity contribution < 1.29 is 9.59 Å².